The van der Waals surface area contributed by atoms with Gasteiger partial charge in [0.2, 0.25) is 0 Å². The molecule has 0 atom stereocenters. The van der Waals surface area contributed by atoms with E-state index < -0.39 is 0 Å². The first-order valence-electron chi connectivity index (χ1n) is 5.33. The lowest BCUT2D eigenvalue weighted by Crippen LogP contribution is -2.22. The van der Waals surface area contributed by atoms with Crippen LogP contribution in [0.1, 0.15) is 25.0 Å². The van der Waals surface area contributed by atoms with Crippen LogP contribution in [0.3, 0.4) is 0 Å². The predicted molar refractivity (Wildman–Crippen MR) is 58.4 cm³/mol. The molecule has 1 fully saturated rings. The van der Waals surface area contributed by atoms with Crippen LogP contribution in [0, 0.1) is 0 Å². The second-order valence-electron chi connectivity index (χ2n) is 4.46. The summed E-state index contributed by atoms with van der Waals surface area (Å²) in [6.45, 7) is 0. The zero-order valence-electron chi connectivity index (χ0n) is 8.53. The van der Waals surface area contributed by atoms with Crippen LogP contribution in [0.2, 0.25) is 0 Å². The summed E-state index contributed by atoms with van der Waals surface area (Å²) in [5.74, 6) is 0. The number of nitrogens with zero attached hydrogens (tertiary/aromatic N) is 2. The van der Waals surface area contributed by atoms with Gasteiger partial charge in [0.25, 0.3) is 0 Å². The Morgan fingerprint density at radius 2 is 2.33 bits per heavy atom. The van der Waals surface area contributed by atoms with Gasteiger partial charge in [-0.25, -0.2) is 0 Å². The Morgan fingerprint density at radius 1 is 1.47 bits per heavy atom. The fourth-order valence-corrected chi connectivity index (χ4v) is 1.88. The van der Waals surface area contributed by atoms with Gasteiger partial charge in [-0.05, 0) is 31.7 Å². The number of nitrogens with one attached hydrogen (secondary N) is 1. The molecule has 4 heteroatoms. The third kappa shape index (κ3) is 1.61. The van der Waals surface area contributed by atoms with Gasteiger partial charge in [0.05, 0.1) is 5.52 Å². The SMILES string of the molecule is NC1(CCc2[nH]nc3ccncc23)CC1. The lowest BCUT2D eigenvalue weighted by molar-refractivity contribution is 0.604. The molecular weight excluding hydrogens is 188 g/mol. The van der Waals surface area contributed by atoms with Crippen molar-refractivity contribution in [2.45, 2.75) is 31.2 Å². The zero-order chi connectivity index (χ0) is 10.3. The van der Waals surface area contributed by atoms with E-state index in [0.29, 0.717) is 0 Å². The molecule has 2 heterocycles. The number of hydrogen-bond acceptors (Lipinski definition) is 3. The standard InChI is InChI=1S/C11H14N4/c12-11(4-5-11)3-1-9-8-7-13-6-2-10(8)15-14-9/h2,6-7H,1,3-5,12H2,(H,14,15). The minimum absolute atomic E-state index is 0.111. The first-order chi connectivity index (χ1) is 7.27. The molecule has 15 heavy (non-hydrogen) atoms. The van der Waals surface area contributed by atoms with Gasteiger partial charge in [-0.2, -0.15) is 5.10 Å². The van der Waals surface area contributed by atoms with Gasteiger partial charge >= 0.3 is 0 Å². The van der Waals surface area contributed by atoms with Gasteiger partial charge in [0.15, 0.2) is 0 Å². The lowest BCUT2D eigenvalue weighted by atomic mass is 10.1. The fourth-order valence-electron chi connectivity index (χ4n) is 1.88. The maximum atomic E-state index is 6.06. The maximum absolute atomic E-state index is 6.06. The number of aryl methyl sites for hydroxylation is 1. The van der Waals surface area contributed by atoms with Crippen LogP contribution in [0.4, 0.5) is 0 Å². The van der Waals surface area contributed by atoms with Crippen LogP contribution in [0.5, 0.6) is 0 Å². The van der Waals surface area contributed by atoms with Crippen molar-refractivity contribution in [3.63, 3.8) is 0 Å². The molecule has 0 bridgehead atoms. The molecule has 0 saturated heterocycles. The molecule has 4 nitrogen and oxygen atoms in total. The number of nitrogens with two attached hydrogens (primary N) is 1. The van der Waals surface area contributed by atoms with E-state index in [-0.39, 0.29) is 5.54 Å². The molecule has 1 aliphatic carbocycles. The van der Waals surface area contributed by atoms with Crippen LogP contribution in [-0.4, -0.2) is 20.7 Å². The monoisotopic (exact) mass is 202 g/mol. The Kier molecular flexibility index (Phi) is 1.79. The third-order valence-corrected chi connectivity index (χ3v) is 3.20. The van der Waals surface area contributed by atoms with Crippen molar-refractivity contribution in [3.8, 4) is 0 Å². The van der Waals surface area contributed by atoms with E-state index in [1.54, 1.807) is 6.20 Å². The van der Waals surface area contributed by atoms with E-state index in [1.807, 2.05) is 12.3 Å². The Balaban J connectivity index is 1.84. The smallest absolute Gasteiger partial charge is 0.0954 e. The first kappa shape index (κ1) is 8.85. The van der Waals surface area contributed by atoms with E-state index in [0.717, 1.165) is 42.3 Å². The molecule has 1 aliphatic rings. The van der Waals surface area contributed by atoms with Crippen LogP contribution in [-0.2, 0) is 6.42 Å². The highest BCUT2D eigenvalue weighted by Gasteiger charge is 2.37. The highest BCUT2D eigenvalue weighted by molar-refractivity contribution is 5.79. The molecule has 3 N–H and O–H groups in total. The minimum Gasteiger partial charge on any atom is -0.325 e. The average molecular weight is 202 g/mol. The molecule has 1 saturated carbocycles. The zero-order valence-corrected chi connectivity index (χ0v) is 8.53. The van der Waals surface area contributed by atoms with Gasteiger partial charge in [-0.15, -0.1) is 0 Å². The molecule has 0 aliphatic heterocycles. The van der Waals surface area contributed by atoms with E-state index in [1.165, 1.54) is 0 Å². The summed E-state index contributed by atoms with van der Waals surface area (Å²) in [7, 11) is 0. The first-order valence-corrected chi connectivity index (χ1v) is 5.33. The van der Waals surface area contributed by atoms with Crippen molar-refractivity contribution >= 4 is 10.9 Å². The summed E-state index contributed by atoms with van der Waals surface area (Å²) in [4.78, 5) is 4.11. The number of H-pyrrole nitrogens is 1. The Morgan fingerprint density at radius 3 is 3.13 bits per heavy atom. The number of rotatable bonds is 3. The third-order valence-electron chi connectivity index (χ3n) is 3.20. The van der Waals surface area contributed by atoms with Crippen LogP contribution >= 0.6 is 0 Å². The summed E-state index contributed by atoms with van der Waals surface area (Å²) in [6, 6.07) is 1.92. The fraction of sp³-hybridized carbons (Fsp3) is 0.455. The second-order valence-corrected chi connectivity index (χ2v) is 4.46. The largest absolute Gasteiger partial charge is 0.325 e. The number of fused-ring (bicyclic) bond motifs is 1. The molecule has 0 radical (unpaired) electrons. The molecular formula is C11H14N4. The molecule has 0 spiro atoms. The number of hydrogen-bond donors (Lipinski definition) is 2. The van der Waals surface area contributed by atoms with Crippen LogP contribution in [0.15, 0.2) is 18.5 Å². The van der Waals surface area contributed by atoms with E-state index in [2.05, 4.69) is 15.2 Å². The highest BCUT2D eigenvalue weighted by Crippen LogP contribution is 2.36. The lowest BCUT2D eigenvalue weighted by Gasteiger charge is -2.06. The van der Waals surface area contributed by atoms with Gasteiger partial charge in [0.1, 0.15) is 0 Å². The molecule has 2 aromatic heterocycles. The maximum Gasteiger partial charge on any atom is 0.0954 e. The van der Waals surface area contributed by atoms with E-state index in [9.17, 15) is 0 Å². The average Bonchev–Trinajstić information content (AvgIpc) is 2.86. The Hall–Kier alpha value is -1.42. The van der Waals surface area contributed by atoms with Crippen LogP contribution < -0.4 is 5.73 Å². The number of aromatic nitrogens is 3. The van der Waals surface area contributed by atoms with Crippen molar-refractivity contribution in [2.24, 2.45) is 5.73 Å². The highest BCUT2D eigenvalue weighted by atomic mass is 15.1. The molecule has 78 valence electrons. The van der Waals surface area contributed by atoms with Gasteiger partial charge in [-0.3, -0.25) is 10.1 Å². The number of aromatic amines is 1. The van der Waals surface area contributed by atoms with Gasteiger partial charge < -0.3 is 5.73 Å². The summed E-state index contributed by atoms with van der Waals surface area (Å²) < 4.78 is 0. The van der Waals surface area contributed by atoms with Gasteiger partial charge in [-0.1, -0.05) is 0 Å². The van der Waals surface area contributed by atoms with Crippen molar-refractivity contribution < 1.29 is 0 Å². The normalized spacial score (nSPS) is 18.2. The summed E-state index contributed by atoms with van der Waals surface area (Å²) in [5.41, 5.74) is 8.32. The Bertz CT molecular complexity index is 484. The van der Waals surface area contributed by atoms with Gasteiger partial charge in [0, 0.05) is 29.0 Å². The minimum atomic E-state index is 0.111. The van der Waals surface area contributed by atoms with E-state index in [4.69, 9.17) is 5.73 Å². The summed E-state index contributed by atoms with van der Waals surface area (Å²) >= 11 is 0. The predicted octanol–water partition coefficient (Wildman–Crippen LogP) is 1.38. The molecule has 0 unspecified atom stereocenters. The van der Waals surface area contributed by atoms with Crippen molar-refractivity contribution in [3.05, 3.63) is 24.2 Å². The Labute approximate surface area is 87.9 Å². The summed E-state index contributed by atoms with van der Waals surface area (Å²) in [5, 5.41) is 8.43. The summed E-state index contributed by atoms with van der Waals surface area (Å²) in [6.07, 6.45) is 7.97. The molecule has 3 rings (SSSR count). The number of pyridine rings is 1. The molecule has 2 aromatic rings. The van der Waals surface area contributed by atoms with Crippen molar-refractivity contribution in [2.75, 3.05) is 0 Å². The molecule has 0 aromatic carbocycles. The van der Waals surface area contributed by atoms with Crippen molar-refractivity contribution in [1.29, 1.82) is 0 Å². The quantitative estimate of drug-likeness (QED) is 0.790. The van der Waals surface area contributed by atoms with Crippen molar-refractivity contribution in [1.82, 2.24) is 15.2 Å². The van der Waals surface area contributed by atoms with Crippen LogP contribution in [0.25, 0.3) is 10.9 Å². The topological polar surface area (TPSA) is 67.6 Å². The second kappa shape index (κ2) is 3.03. The van der Waals surface area contributed by atoms with E-state index >= 15 is 0 Å². The molecule has 0 amide bonds.